The SMILES string of the molecule is COc1ccc(-c2nc(COC(=O)CCc3ccc4ccccc4n3)cs2)cc1OC. The first-order chi connectivity index (χ1) is 15.2. The van der Waals surface area contributed by atoms with Crippen LogP contribution in [0.15, 0.2) is 60.0 Å². The number of ether oxygens (including phenoxy) is 3. The van der Waals surface area contributed by atoms with Crippen molar-refractivity contribution in [1.82, 2.24) is 9.97 Å². The molecule has 0 aliphatic rings. The zero-order valence-corrected chi connectivity index (χ0v) is 18.1. The van der Waals surface area contributed by atoms with Crippen LogP contribution in [0.2, 0.25) is 0 Å². The fourth-order valence-electron chi connectivity index (χ4n) is 3.18. The summed E-state index contributed by atoms with van der Waals surface area (Å²) in [5.41, 5.74) is 3.44. The van der Waals surface area contributed by atoms with Gasteiger partial charge in [-0.3, -0.25) is 9.78 Å². The number of esters is 1. The maximum absolute atomic E-state index is 12.2. The number of carbonyl (C=O) groups is 1. The molecule has 0 unspecified atom stereocenters. The molecule has 0 aliphatic carbocycles. The molecule has 4 rings (SSSR count). The molecule has 7 heteroatoms. The number of fused-ring (bicyclic) bond motifs is 1. The van der Waals surface area contributed by atoms with Crippen molar-refractivity contribution in [3.8, 4) is 22.1 Å². The molecule has 6 nitrogen and oxygen atoms in total. The summed E-state index contributed by atoms with van der Waals surface area (Å²) in [5, 5.41) is 3.81. The standard InChI is InChI=1S/C24H22N2O4S/c1-28-21-11-8-17(13-22(21)29-2)24-26-19(15-31-24)14-30-23(27)12-10-18-9-7-16-5-3-4-6-20(16)25-18/h3-9,11,13,15H,10,12,14H2,1-2H3. The number of benzene rings is 2. The monoisotopic (exact) mass is 434 g/mol. The van der Waals surface area contributed by atoms with Crippen LogP contribution < -0.4 is 9.47 Å². The smallest absolute Gasteiger partial charge is 0.306 e. The summed E-state index contributed by atoms with van der Waals surface area (Å²) in [7, 11) is 3.20. The molecule has 2 heterocycles. The van der Waals surface area contributed by atoms with Crippen LogP contribution in [0.5, 0.6) is 11.5 Å². The second-order valence-corrected chi connectivity index (χ2v) is 7.73. The van der Waals surface area contributed by atoms with Crippen LogP contribution in [-0.2, 0) is 22.6 Å². The van der Waals surface area contributed by atoms with Gasteiger partial charge < -0.3 is 14.2 Å². The number of methoxy groups -OCH3 is 2. The van der Waals surface area contributed by atoms with E-state index >= 15 is 0 Å². The van der Waals surface area contributed by atoms with Crippen molar-refractivity contribution in [3.05, 3.63) is 71.4 Å². The lowest BCUT2D eigenvalue weighted by Crippen LogP contribution is -2.06. The molecular formula is C24H22N2O4S. The molecule has 0 aliphatic heterocycles. The van der Waals surface area contributed by atoms with Gasteiger partial charge in [0, 0.05) is 28.4 Å². The summed E-state index contributed by atoms with van der Waals surface area (Å²) in [6.45, 7) is 0.147. The maximum atomic E-state index is 12.2. The van der Waals surface area contributed by atoms with E-state index in [1.807, 2.05) is 60.0 Å². The normalized spacial score (nSPS) is 10.8. The van der Waals surface area contributed by atoms with Crippen LogP contribution in [0.4, 0.5) is 0 Å². The Morgan fingerprint density at radius 2 is 1.77 bits per heavy atom. The van der Waals surface area contributed by atoms with Crippen molar-refractivity contribution in [2.24, 2.45) is 0 Å². The number of thiazole rings is 1. The Bertz CT molecular complexity index is 1210. The van der Waals surface area contributed by atoms with Gasteiger partial charge in [-0.1, -0.05) is 24.3 Å². The van der Waals surface area contributed by atoms with E-state index in [0.29, 0.717) is 23.6 Å². The molecule has 0 fully saturated rings. The Kier molecular flexibility index (Phi) is 6.43. The van der Waals surface area contributed by atoms with E-state index in [1.165, 1.54) is 11.3 Å². The highest BCUT2D eigenvalue weighted by molar-refractivity contribution is 7.13. The van der Waals surface area contributed by atoms with Crippen LogP contribution in [0.1, 0.15) is 17.8 Å². The van der Waals surface area contributed by atoms with Crippen molar-refractivity contribution in [2.45, 2.75) is 19.4 Å². The van der Waals surface area contributed by atoms with Gasteiger partial charge in [-0.15, -0.1) is 11.3 Å². The number of para-hydroxylation sites is 1. The van der Waals surface area contributed by atoms with Gasteiger partial charge in [-0.05, 0) is 30.3 Å². The van der Waals surface area contributed by atoms with Crippen LogP contribution >= 0.6 is 11.3 Å². The third-order valence-corrected chi connectivity index (χ3v) is 5.74. The van der Waals surface area contributed by atoms with Crippen molar-refractivity contribution < 1.29 is 19.0 Å². The number of carbonyl (C=O) groups excluding carboxylic acids is 1. The molecule has 158 valence electrons. The maximum Gasteiger partial charge on any atom is 0.306 e. The second-order valence-electron chi connectivity index (χ2n) is 6.87. The first-order valence-electron chi connectivity index (χ1n) is 9.83. The van der Waals surface area contributed by atoms with E-state index in [1.54, 1.807) is 14.2 Å². The van der Waals surface area contributed by atoms with Gasteiger partial charge in [0.05, 0.1) is 31.9 Å². The van der Waals surface area contributed by atoms with E-state index in [2.05, 4.69) is 9.97 Å². The molecule has 2 aromatic carbocycles. The van der Waals surface area contributed by atoms with Crippen molar-refractivity contribution >= 4 is 28.2 Å². The number of nitrogens with zero attached hydrogens (tertiary/aromatic N) is 2. The summed E-state index contributed by atoms with van der Waals surface area (Å²) < 4.78 is 16.0. The van der Waals surface area contributed by atoms with Gasteiger partial charge in [-0.2, -0.15) is 0 Å². The lowest BCUT2D eigenvalue weighted by atomic mass is 10.1. The van der Waals surface area contributed by atoms with E-state index in [4.69, 9.17) is 14.2 Å². The largest absolute Gasteiger partial charge is 0.493 e. The summed E-state index contributed by atoms with van der Waals surface area (Å²) in [6, 6.07) is 17.5. The minimum absolute atomic E-state index is 0.147. The van der Waals surface area contributed by atoms with Gasteiger partial charge in [0.1, 0.15) is 11.6 Å². The number of hydrogen-bond donors (Lipinski definition) is 0. The number of aromatic nitrogens is 2. The van der Waals surface area contributed by atoms with E-state index in [-0.39, 0.29) is 19.0 Å². The summed E-state index contributed by atoms with van der Waals surface area (Å²) in [4.78, 5) is 21.3. The second kappa shape index (κ2) is 9.57. The Morgan fingerprint density at radius 3 is 2.61 bits per heavy atom. The Labute approximate surface area is 184 Å². The summed E-state index contributed by atoms with van der Waals surface area (Å²) in [6.07, 6.45) is 0.815. The highest BCUT2D eigenvalue weighted by Gasteiger charge is 2.11. The molecule has 0 radical (unpaired) electrons. The van der Waals surface area contributed by atoms with Crippen molar-refractivity contribution in [2.75, 3.05) is 14.2 Å². The van der Waals surface area contributed by atoms with Crippen LogP contribution in [0, 0.1) is 0 Å². The van der Waals surface area contributed by atoms with Crippen molar-refractivity contribution in [3.63, 3.8) is 0 Å². The molecule has 2 aromatic heterocycles. The zero-order chi connectivity index (χ0) is 21.6. The zero-order valence-electron chi connectivity index (χ0n) is 17.3. The summed E-state index contributed by atoms with van der Waals surface area (Å²) >= 11 is 1.49. The third kappa shape index (κ3) is 5.00. The average Bonchev–Trinajstić information content (AvgIpc) is 3.30. The molecule has 0 saturated heterocycles. The fourth-order valence-corrected chi connectivity index (χ4v) is 3.98. The molecule has 0 amide bonds. The first kappa shape index (κ1) is 20.8. The third-order valence-electron chi connectivity index (χ3n) is 4.80. The minimum atomic E-state index is -0.268. The van der Waals surface area contributed by atoms with Gasteiger partial charge >= 0.3 is 5.97 Å². The minimum Gasteiger partial charge on any atom is -0.493 e. The molecule has 0 saturated carbocycles. The molecule has 0 bridgehead atoms. The summed E-state index contributed by atoms with van der Waals surface area (Å²) in [5.74, 6) is 1.04. The first-order valence-corrected chi connectivity index (χ1v) is 10.7. The molecule has 31 heavy (non-hydrogen) atoms. The van der Waals surface area contributed by atoms with Crippen molar-refractivity contribution in [1.29, 1.82) is 0 Å². The number of aryl methyl sites for hydroxylation is 1. The lowest BCUT2D eigenvalue weighted by Gasteiger charge is -2.08. The topological polar surface area (TPSA) is 70.5 Å². The van der Waals surface area contributed by atoms with Gasteiger partial charge in [0.25, 0.3) is 0 Å². The lowest BCUT2D eigenvalue weighted by molar-refractivity contribution is -0.145. The molecule has 0 spiro atoms. The molecule has 0 N–H and O–H groups in total. The quantitative estimate of drug-likeness (QED) is 0.361. The van der Waals surface area contributed by atoms with Crippen LogP contribution in [0.25, 0.3) is 21.5 Å². The molecular weight excluding hydrogens is 412 g/mol. The Balaban J connectivity index is 1.32. The predicted octanol–water partition coefficient (Wildman–Crippen LogP) is 5.05. The molecule has 4 aromatic rings. The number of rotatable bonds is 8. The average molecular weight is 435 g/mol. The van der Waals surface area contributed by atoms with E-state index in [0.717, 1.165) is 27.2 Å². The highest BCUT2D eigenvalue weighted by atomic mass is 32.1. The number of pyridine rings is 1. The Morgan fingerprint density at radius 1 is 0.935 bits per heavy atom. The predicted molar refractivity (Wildman–Crippen MR) is 121 cm³/mol. The van der Waals surface area contributed by atoms with Gasteiger partial charge in [-0.25, -0.2) is 4.98 Å². The Hall–Kier alpha value is -3.45. The van der Waals surface area contributed by atoms with Gasteiger partial charge in [0.15, 0.2) is 11.5 Å². The van der Waals surface area contributed by atoms with Crippen LogP contribution in [0.3, 0.4) is 0 Å². The van der Waals surface area contributed by atoms with E-state index in [9.17, 15) is 4.79 Å². The van der Waals surface area contributed by atoms with Crippen LogP contribution in [-0.4, -0.2) is 30.2 Å². The van der Waals surface area contributed by atoms with Gasteiger partial charge in [0.2, 0.25) is 0 Å². The number of hydrogen-bond acceptors (Lipinski definition) is 7. The molecule has 0 atom stereocenters. The fraction of sp³-hybridized carbons (Fsp3) is 0.208. The highest BCUT2D eigenvalue weighted by Crippen LogP contribution is 2.33. The van der Waals surface area contributed by atoms with E-state index < -0.39 is 0 Å².